The average molecular weight is 228 g/mol. The highest BCUT2D eigenvalue weighted by Gasteiger charge is 2.26. The lowest BCUT2D eigenvalue weighted by Crippen LogP contribution is -2.27. The summed E-state index contributed by atoms with van der Waals surface area (Å²) in [5, 5.41) is 9.46. The summed E-state index contributed by atoms with van der Waals surface area (Å²) in [7, 11) is 0. The van der Waals surface area contributed by atoms with Gasteiger partial charge in [0.2, 0.25) is 0 Å². The quantitative estimate of drug-likeness (QED) is 0.487. The molecule has 0 aliphatic rings. The number of ether oxygens (including phenoxy) is 1. The molecule has 0 bridgehead atoms. The van der Waals surface area contributed by atoms with Crippen molar-refractivity contribution in [1.29, 1.82) is 0 Å². The first-order chi connectivity index (χ1) is 7.64. The molecular formula is C13H24O3. The second kappa shape index (κ2) is 8.34. The Hall–Kier alpha value is -0.830. The fourth-order valence-corrected chi connectivity index (χ4v) is 1.73. The summed E-state index contributed by atoms with van der Waals surface area (Å²) in [5.41, 5.74) is -0.0859. The number of rotatable bonds is 9. The van der Waals surface area contributed by atoms with Crippen LogP contribution in [0, 0.1) is 5.41 Å². The predicted octanol–water partition coefficient (Wildman–Crippen LogP) is 2.68. The second-order valence-corrected chi connectivity index (χ2v) is 4.24. The van der Waals surface area contributed by atoms with Crippen molar-refractivity contribution in [3.63, 3.8) is 0 Å². The Labute approximate surface area is 98.5 Å². The van der Waals surface area contributed by atoms with Crippen molar-refractivity contribution in [3.8, 4) is 0 Å². The van der Waals surface area contributed by atoms with E-state index in [9.17, 15) is 9.90 Å². The number of carbonyl (C=O) groups excluding carboxylic acids is 1. The summed E-state index contributed by atoms with van der Waals surface area (Å²) < 4.78 is 4.96. The predicted molar refractivity (Wildman–Crippen MR) is 65.1 cm³/mol. The summed E-state index contributed by atoms with van der Waals surface area (Å²) in [6.45, 7) is 8.07. The summed E-state index contributed by atoms with van der Waals surface area (Å²) in [4.78, 5) is 10.9. The van der Waals surface area contributed by atoms with Crippen LogP contribution >= 0.6 is 0 Å². The van der Waals surface area contributed by atoms with Gasteiger partial charge in [-0.2, -0.15) is 0 Å². The van der Waals surface area contributed by atoms with Crippen LogP contribution in [0.25, 0.3) is 0 Å². The Kier molecular flexibility index (Phi) is 7.90. The van der Waals surface area contributed by atoms with Crippen molar-refractivity contribution in [2.24, 2.45) is 5.41 Å². The summed E-state index contributed by atoms with van der Waals surface area (Å²) >= 11 is 0. The first kappa shape index (κ1) is 15.2. The number of hydrogen-bond donors (Lipinski definition) is 1. The van der Waals surface area contributed by atoms with E-state index >= 15 is 0 Å². The van der Waals surface area contributed by atoms with Gasteiger partial charge in [-0.3, -0.25) is 0 Å². The molecule has 0 saturated heterocycles. The molecule has 0 rings (SSSR count). The average Bonchev–Trinajstić information content (AvgIpc) is 2.33. The Morgan fingerprint density at radius 3 is 2.56 bits per heavy atom. The number of esters is 1. The lowest BCUT2D eigenvalue weighted by atomic mass is 9.78. The van der Waals surface area contributed by atoms with Gasteiger partial charge < -0.3 is 9.84 Å². The van der Waals surface area contributed by atoms with Crippen LogP contribution in [0.4, 0.5) is 0 Å². The standard InChI is InChI=1S/C13H24O3/c1-4-7-8-13(6-3,11-14)9-10-16-12(15)5-2/h5,14H,2,4,6-11H2,1,3H3. The van der Waals surface area contributed by atoms with Crippen molar-refractivity contribution >= 4 is 5.97 Å². The van der Waals surface area contributed by atoms with E-state index in [1.807, 2.05) is 0 Å². The van der Waals surface area contributed by atoms with Crippen molar-refractivity contribution < 1.29 is 14.6 Å². The fraction of sp³-hybridized carbons (Fsp3) is 0.769. The van der Waals surface area contributed by atoms with Gasteiger partial charge in [-0.25, -0.2) is 4.79 Å². The maximum atomic E-state index is 10.9. The number of aliphatic hydroxyl groups excluding tert-OH is 1. The van der Waals surface area contributed by atoms with E-state index in [-0.39, 0.29) is 12.0 Å². The van der Waals surface area contributed by atoms with Gasteiger partial charge in [0.15, 0.2) is 0 Å². The van der Waals surface area contributed by atoms with Gasteiger partial charge in [0.25, 0.3) is 0 Å². The Morgan fingerprint density at radius 2 is 2.12 bits per heavy atom. The molecule has 94 valence electrons. The molecule has 0 radical (unpaired) electrons. The largest absolute Gasteiger partial charge is 0.463 e. The van der Waals surface area contributed by atoms with Gasteiger partial charge >= 0.3 is 5.97 Å². The van der Waals surface area contributed by atoms with Gasteiger partial charge in [-0.05, 0) is 24.7 Å². The van der Waals surface area contributed by atoms with Crippen LogP contribution in [0.3, 0.4) is 0 Å². The Bertz CT molecular complexity index is 207. The second-order valence-electron chi connectivity index (χ2n) is 4.24. The zero-order valence-electron chi connectivity index (χ0n) is 10.5. The normalized spacial score (nSPS) is 14.2. The minimum atomic E-state index is -0.390. The smallest absolute Gasteiger partial charge is 0.330 e. The third-order valence-corrected chi connectivity index (χ3v) is 3.19. The molecule has 1 atom stereocenters. The van der Waals surface area contributed by atoms with Crippen molar-refractivity contribution in [2.45, 2.75) is 46.0 Å². The zero-order chi connectivity index (χ0) is 12.4. The lowest BCUT2D eigenvalue weighted by Gasteiger charge is -2.30. The molecule has 0 saturated carbocycles. The van der Waals surface area contributed by atoms with Crippen LogP contribution in [0.1, 0.15) is 46.0 Å². The van der Waals surface area contributed by atoms with Crippen LogP contribution < -0.4 is 0 Å². The van der Waals surface area contributed by atoms with E-state index in [0.717, 1.165) is 32.1 Å². The molecule has 0 spiro atoms. The molecule has 0 fully saturated rings. The molecule has 0 aliphatic heterocycles. The topological polar surface area (TPSA) is 46.5 Å². The van der Waals surface area contributed by atoms with E-state index in [0.29, 0.717) is 6.61 Å². The minimum Gasteiger partial charge on any atom is -0.463 e. The van der Waals surface area contributed by atoms with E-state index in [1.165, 1.54) is 6.08 Å². The lowest BCUT2D eigenvalue weighted by molar-refractivity contribution is -0.138. The number of carbonyl (C=O) groups is 1. The number of unbranched alkanes of at least 4 members (excludes halogenated alkanes) is 1. The van der Waals surface area contributed by atoms with Crippen molar-refractivity contribution in [1.82, 2.24) is 0 Å². The zero-order valence-corrected chi connectivity index (χ0v) is 10.5. The Morgan fingerprint density at radius 1 is 1.44 bits per heavy atom. The number of aliphatic hydroxyl groups is 1. The fourth-order valence-electron chi connectivity index (χ4n) is 1.73. The molecular weight excluding hydrogens is 204 g/mol. The molecule has 0 aliphatic carbocycles. The third-order valence-electron chi connectivity index (χ3n) is 3.19. The third kappa shape index (κ3) is 5.31. The monoisotopic (exact) mass is 228 g/mol. The highest BCUT2D eigenvalue weighted by Crippen LogP contribution is 2.32. The van der Waals surface area contributed by atoms with Crippen molar-refractivity contribution in [2.75, 3.05) is 13.2 Å². The van der Waals surface area contributed by atoms with Crippen molar-refractivity contribution in [3.05, 3.63) is 12.7 Å². The van der Waals surface area contributed by atoms with Gasteiger partial charge in [0.1, 0.15) is 0 Å². The molecule has 0 aromatic heterocycles. The molecule has 0 amide bonds. The molecule has 0 aromatic carbocycles. The van der Waals surface area contributed by atoms with Gasteiger partial charge in [-0.1, -0.05) is 33.3 Å². The highest BCUT2D eigenvalue weighted by molar-refractivity contribution is 5.81. The van der Waals surface area contributed by atoms with E-state index in [4.69, 9.17) is 4.74 Å². The molecule has 16 heavy (non-hydrogen) atoms. The molecule has 3 nitrogen and oxygen atoms in total. The SMILES string of the molecule is C=CC(=O)OCCC(CC)(CO)CCCC. The van der Waals surface area contributed by atoms with Crippen LogP contribution in [0.15, 0.2) is 12.7 Å². The summed E-state index contributed by atoms with van der Waals surface area (Å²) in [6.07, 6.45) is 6.01. The van der Waals surface area contributed by atoms with Gasteiger partial charge in [-0.15, -0.1) is 0 Å². The molecule has 0 heterocycles. The molecule has 1 unspecified atom stereocenters. The minimum absolute atomic E-state index is 0.0859. The van der Waals surface area contributed by atoms with E-state index in [2.05, 4.69) is 20.4 Å². The van der Waals surface area contributed by atoms with Crippen LogP contribution in [-0.2, 0) is 9.53 Å². The molecule has 3 heteroatoms. The van der Waals surface area contributed by atoms with E-state index in [1.54, 1.807) is 0 Å². The van der Waals surface area contributed by atoms with Crippen LogP contribution in [0.5, 0.6) is 0 Å². The van der Waals surface area contributed by atoms with Gasteiger partial charge in [0.05, 0.1) is 6.61 Å². The number of hydrogen-bond acceptors (Lipinski definition) is 3. The maximum Gasteiger partial charge on any atom is 0.330 e. The summed E-state index contributed by atoms with van der Waals surface area (Å²) in [5.74, 6) is -0.390. The first-order valence-corrected chi connectivity index (χ1v) is 6.04. The molecule has 0 aromatic rings. The highest BCUT2D eigenvalue weighted by atomic mass is 16.5. The Balaban J connectivity index is 4.09. The maximum absolute atomic E-state index is 10.9. The van der Waals surface area contributed by atoms with Crippen LogP contribution in [-0.4, -0.2) is 24.3 Å². The summed E-state index contributed by atoms with van der Waals surface area (Å²) in [6, 6.07) is 0. The first-order valence-electron chi connectivity index (χ1n) is 6.04. The van der Waals surface area contributed by atoms with Crippen LogP contribution in [0.2, 0.25) is 0 Å². The van der Waals surface area contributed by atoms with E-state index < -0.39 is 5.97 Å². The van der Waals surface area contributed by atoms with Gasteiger partial charge in [0, 0.05) is 12.7 Å². The molecule has 1 N–H and O–H groups in total.